The molecular formula is C6H9N3O3. The van der Waals surface area contributed by atoms with Crippen LogP contribution in [-0.2, 0) is 4.74 Å². The van der Waals surface area contributed by atoms with Crippen molar-refractivity contribution in [1.29, 1.82) is 0 Å². The van der Waals surface area contributed by atoms with Crippen LogP contribution in [0.25, 0.3) is 0 Å². The number of anilines is 1. The fourth-order valence-corrected chi connectivity index (χ4v) is 0.560. The first-order valence-corrected chi connectivity index (χ1v) is 3.42. The molecule has 0 aliphatic rings. The molecule has 1 amide bonds. The predicted molar refractivity (Wildman–Crippen MR) is 39.5 cm³/mol. The molecule has 1 aromatic heterocycles. The summed E-state index contributed by atoms with van der Waals surface area (Å²) in [5.74, 6) is 0.0978. The van der Waals surface area contributed by atoms with Crippen molar-refractivity contribution >= 4 is 12.0 Å². The van der Waals surface area contributed by atoms with Crippen molar-refractivity contribution in [1.82, 2.24) is 10.1 Å². The Labute approximate surface area is 68.9 Å². The number of ether oxygens (including phenoxy) is 1. The topological polar surface area (TPSA) is 77.2 Å². The van der Waals surface area contributed by atoms with Crippen LogP contribution in [0.4, 0.5) is 10.7 Å². The zero-order chi connectivity index (χ0) is 8.97. The van der Waals surface area contributed by atoms with Crippen molar-refractivity contribution in [2.75, 3.05) is 5.32 Å². The summed E-state index contributed by atoms with van der Waals surface area (Å²) in [5, 5.41) is 5.64. The summed E-state index contributed by atoms with van der Waals surface area (Å²) < 4.78 is 9.14. The molecule has 6 nitrogen and oxygen atoms in total. The number of carbonyl (C=O) groups excluding carboxylic acids is 1. The Balaban J connectivity index is 2.37. The van der Waals surface area contributed by atoms with Crippen molar-refractivity contribution in [2.24, 2.45) is 0 Å². The molecule has 0 bridgehead atoms. The monoisotopic (exact) mass is 171 g/mol. The highest BCUT2D eigenvalue weighted by Crippen LogP contribution is 1.97. The zero-order valence-corrected chi connectivity index (χ0v) is 6.77. The van der Waals surface area contributed by atoms with Gasteiger partial charge in [0.05, 0.1) is 6.10 Å². The number of hydrogen-bond acceptors (Lipinski definition) is 5. The molecule has 0 aliphatic heterocycles. The number of aromatic nitrogens is 2. The van der Waals surface area contributed by atoms with E-state index < -0.39 is 6.09 Å². The average molecular weight is 171 g/mol. The Kier molecular flexibility index (Phi) is 2.62. The molecule has 12 heavy (non-hydrogen) atoms. The van der Waals surface area contributed by atoms with Crippen molar-refractivity contribution < 1.29 is 14.1 Å². The molecule has 0 saturated carbocycles. The largest absolute Gasteiger partial charge is 0.447 e. The van der Waals surface area contributed by atoms with Gasteiger partial charge in [-0.2, -0.15) is 4.98 Å². The molecule has 0 aromatic carbocycles. The molecular weight excluding hydrogens is 162 g/mol. The van der Waals surface area contributed by atoms with E-state index in [4.69, 9.17) is 4.74 Å². The van der Waals surface area contributed by atoms with Crippen LogP contribution in [0, 0.1) is 0 Å². The predicted octanol–water partition coefficient (Wildman–Crippen LogP) is 1.03. The van der Waals surface area contributed by atoms with Crippen LogP contribution in [0.2, 0.25) is 0 Å². The van der Waals surface area contributed by atoms with E-state index in [1.54, 1.807) is 13.8 Å². The highest BCUT2D eigenvalue weighted by molar-refractivity contribution is 5.82. The van der Waals surface area contributed by atoms with Gasteiger partial charge in [-0.15, -0.1) is 0 Å². The third kappa shape index (κ3) is 2.57. The van der Waals surface area contributed by atoms with Crippen LogP contribution in [0.1, 0.15) is 13.8 Å². The number of rotatable bonds is 2. The maximum atomic E-state index is 10.9. The second-order valence-corrected chi connectivity index (χ2v) is 2.33. The highest BCUT2D eigenvalue weighted by atomic mass is 16.6. The van der Waals surface area contributed by atoms with E-state index in [2.05, 4.69) is 20.0 Å². The lowest BCUT2D eigenvalue weighted by molar-refractivity contribution is 0.129. The van der Waals surface area contributed by atoms with Crippen LogP contribution < -0.4 is 5.32 Å². The minimum atomic E-state index is -0.591. The lowest BCUT2D eigenvalue weighted by atomic mass is 10.5. The smallest absolute Gasteiger partial charge is 0.414 e. The van der Waals surface area contributed by atoms with Crippen molar-refractivity contribution in [3.8, 4) is 0 Å². The first kappa shape index (κ1) is 8.51. The Morgan fingerprint density at radius 3 is 3.00 bits per heavy atom. The molecule has 1 rings (SSSR count). The number of amides is 1. The molecule has 1 heterocycles. The van der Waals surface area contributed by atoms with Gasteiger partial charge < -0.3 is 9.26 Å². The lowest BCUT2D eigenvalue weighted by Crippen LogP contribution is -2.18. The molecule has 1 N–H and O–H groups in total. The second-order valence-electron chi connectivity index (χ2n) is 2.33. The normalized spacial score (nSPS) is 9.92. The van der Waals surface area contributed by atoms with Gasteiger partial charge in [-0.3, -0.25) is 5.32 Å². The van der Waals surface area contributed by atoms with E-state index in [0.717, 1.165) is 6.39 Å². The van der Waals surface area contributed by atoms with Gasteiger partial charge in [-0.05, 0) is 19.0 Å². The van der Waals surface area contributed by atoms with E-state index in [-0.39, 0.29) is 12.1 Å². The molecule has 0 aliphatic carbocycles. The third-order valence-corrected chi connectivity index (χ3v) is 0.918. The number of nitrogens with one attached hydrogen (secondary N) is 1. The Morgan fingerprint density at radius 1 is 1.75 bits per heavy atom. The van der Waals surface area contributed by atoms with E-state index in [1.807, 2.05) is 0 Å². The minimum absolute atomic E-state index is 0.0978. The summed E-state index contributed by atoms with van der Waals surface area (Å²) in [6, 6.07) is 0. The first-order valence-electron chi connectivity index (χ1n) is 3.42. The van der Waals surface area contributed by atoms with Gasteiger partial charge in [-0.25, -0.2) is 4.79 Å². The van der Waals surface area contributed by atoms with Gasteiger partial charge in [0, 0.05) is 0 Å². The van der Waals surface area contributed by atoms with Gasteiger partial charge in [0.2, 0.25) is 6.39 Å². The van der Waals surface area contributed by atoms with Crippen molar-refractivity contribution in [2.45, 2.75) is 20.0 Å². The van der Waals surface area contributed by atoms with E-state index >= 15 is 0 Å². The summed E-state index contributed by atoms with van der Waals surface area (Å²) in [4.78, 5) is 14.4. The van der Waals surface area contributed by atoms with Crippen LogP contribution in [0.5, 0.6) is 0 Å². The molecule has 0 radical (unpaired) electrons. The fraction of sp³-hybridized carbons (Fsp3) is 0.500. The summed E-state index contributed by atoms with van der Waals surface area (Å²) in [5.41, 5.74) is 0. The quantitative estimate of drug-likeness (QED) is 0.718. The number of carbonyl (C=O) groups is 1. The maximum absolute atomic E-state index is 10.9. The fourth-order valence-electron chi connectivity index (χ4n) is 0.560. The molecule has 1 aromatic rings. The Bertz CT molecular complexity index is 245. The van der Waals surface area contributed by atoms with Gasteiger partial charge >= 0.3 is 6.09 Å². The minimum Gasteiger partial charge on any atom is -0.447 e. The molecule has 0 saturated heterocycles. The van der Waals surface area contributed by atoms with E-state index in [0.29, 0.717) is 0 Å². The molecule has 0 unspecified atom stereocenters. The summed E-state index contributed by atoms with van der Waals surface area (Å²) in [7, 11) is 0. The zero-order valence-electron chi connectivity index (χ0n) is 6.77. The van der Waals surface area contributed by atoms with Crippen LogP contribution in [0.3, 0.4) is 0 Å². The summed E-state index contributed by atoms with van der Waals surface area (Å²) >= 11 is 0. The van der Waals surface area contributed by atoms with Crippen molar-refractivity contribution in [3.63, 3.8) is 0 Å². The molecule has 6 heteroatoms. The summed E-state index contributed by atoms with van der Waals surface area (Å²) in [6.07, 6.45) is 0.355. The van der Waals surface area contributed by atoms with Crippen LogP contribution in [0.15, 0.2) is 10.9 Å². The number of nitrogens with zero attached hydrogens (tertiary/aromatic N) is 2. The Morgan fingerprint density at radius 2 is 2.50 bits per heavy atom. The SMILES string of the molecule is CC(C)OC(=O)Nc1ncon1. The lowest BCUT2D eigenvalue weighted by Gasteiger charge is -2.05. The third-order valence-electron chi connectivity index (χ3n) is 0.918. The van der Waals surface area contributed by atoms with Crippen LogP contribution in [-0.4, -0.2) is 22.3 Å². The van der Waals surface area contributed by atoms with Gasteiger partial charge in [0.25, 0.3) is 5.95 Å². The van der Waals surface area contributed by atoms with E-state index in [9.17, 15) is 4.79 Å². The van der Waals surface area contributed by atoms with Crippen LogP contribution >= 0.6 is 0 Å². The molecule has 0 atom stereocenters. The summed E-state index contributed by atoms with van der Waals surface area (Å²) in [6.45, 7) is 3.49. The maximum Gasteiger partial charge on any atom is 0.414 e. The number of hydrogen-bond donors (Lipinski definition) is 1. The van der Waals surface area contributed by atoms with Crippen molar-refractivity contribution in [3.05, 3.63) is 6.39 Å². The first-order chi connectivity index (χ1) is 5.68. The Hall–Kier alpha value is -1.59. The van der Waals surface area contributed by atoms with Gasteiger partial charge in [0.15, 0.2) is 0 Å². The van der Waals surface area contributed by atoms with Gasteiger partial charge in [-0.1, -0.05) is 0 Å². The van der Waals surface area contributed by atoms with Gasteiger partial charge in [0.1, 0.15) is 0 Å². The molecule has 66 valence electrons. The molecule has 0 fully saturated rings. The standard InChI is InChI=1S/C6H9N3O3/c1-4(2)12-6(10)8-5-7-3-11-9-5/h3-4H,1-2H3,(H,8,9,10). The average Bonchev–Trinajstić information content (AvgIpc) is 2.37. The van der Waals surface area contributed by atoms with E-state index in [1.165, 1.54) is 0 Å². The molecule has 0 spiro atoms. The second kappa shape index (κ2) is 3.70. The highest BCUT2D eigenvalue weighted by Gasteiger charge is 2.07.